The van der Waals surface area contributed by atoms with E-state index >= 15 is 0 Å². The average Bonchev–Trinajstić information content (AvgIpc) is 2.74. The topological polar surface area (TPSA) is 26.0 Å². The summed E-state index contributed by atoms with van der Waals surface area (Å²) in [5.74, 6) is 2.12. The fourth-order valence-electron chi connectivity index (χ4n) is 1.78. The summed E-state index contributed by atoms with van der Waals surface area (Å²) < 4.78 is 6.89. The predicted octanol–water partition coefficient (Wildman–Crippen LogP) is 4.79. The van der Waals surface area contributed by atoms with E-state index in [0.29, 0.717) is 5.92 Å². The highest BCUT2D eigenvalue weighted by atomic mass is 79.9. The maximum absolute atomic E-state index is 5.82. The molecular weight excluding hydrogens is 278 g/mol. The van der Waals surface area contributed by atoms with Crippen LogP contribution in [-0.2, 0) is 6.42 Å². The number of halogens is 1. The Morgan fingerprint density at radius 2 is 1.88 bits per heavy atom. The quantitative estimate of drug-likeness (QED) is 0.813. The number of aromatic nitrogens is 1. The second kappa shape index (κ2) is 5.05. The van der Waals surface area contributed by atoms with Gasteiger partial charge in [0.25, 0.3) is 0 Å². The van der Waals surface area contributed by atoms with Crippen LogP contribution in [0.25, 0.3) is 11.5 Å². The molecule has 0 spiro atoms. The van der Waals surface area contributed by atoms with Gasteiger partial charge >= 0.3 is 0 Å². The number of nitrogens with zero attached hydrogens (tertiary/aromatic N) is 1. The minimum absolute atomic E-state index is 0.401. The Kier molecular flexibility index (Phi) is 3.67. The summed E-state index contributed by atoms with van der Waals surface area (Å²) in [7, 11) is 0. The maximum atomic E-state index is 5.82. The first kappa shape index (κ1) is 12.4. The third-order valence-corrected chi connectivity index (χ3v) is 3.22. The standard InChI is InChI=1S/C14H16BrNO/c1-4-12-13(9(2)3)16-14(17-12)10-5-7-11(15)8-6-10/h5-9H,4H2,1-3H3. The van der Waals surface area contributed by atoms with Crippen LogP contribution in [0, 0.1) is 0 Å². The van der Waals surface area contributed by atoms with Gasteiger partial charge in [0.2, 0.25) is 5.89 Å². The maximum Gasteiger partial charge on any atom is 0.226 e. The molecule has 1 aromatic carbocycles. The molecule has 2 aromatic rings. The van der Waals surface area contributed by atoms with E-state index < -0.39 is 0 Å². The molecule has 0 N–H and O–H groups in total. The molecule has 0 radical (unpaired) electrons. The van der Waals surface area contributed by atoms with Crippen molar-refractivity contribution in [3.8, 4) is 11.5 Å². The fourth-order valence-corrected chi connectivity index (χ4v) is 2.05. The molecular formula is C14H16BrNO. The number of rotatable bonds is 3. The van der Waals surface area contributed by atoms with Crippen LogP contribution in [0.2, 0.25) is 0 Å². The molecule has 0 fully saturated rings. The lowest BCUT2D eigenvalue weighted by molar-refractivity contribution is 0.518. The minimum atomic E-state index is 0.401. The number of hydrogen-bond acceptors (Lipinski definition) is 2. The monoisotopic (exact) mass is 293 g/mol. The molecule has 90 valence electrons. The molecule has 17 heavy (non-hydrogen) atoms. The third kappa shape index (κ3) is 2.60. The van der Waals surface area contributed by atoms with Gasteiger partial charge in [0.05, 0.1) is 5.69 Å². The van der Waals surface area contributed by atoms with Crippen molar-refractivity contribution in [2.45, 2.75) is 33.1 Å². The lowest BCUT2D eigenvalue weighted by atomic mass is 10.1. The Morgan fingerprint density at radius 1 is 1.24 bits per heavy atom. The lowest BCUT2D eigenvalue weighted by Crippen LogP contribution is -1.92. The van der Waals surface area contributed by atoms with E-state index in [0.717, 1.165) is 33.8 Å². The van der Waals surface area contributed by atoms with E-state index in [1.807, 2.05) is 24.3 Å². The summed E-state index contributed by atoms with van der Waals surface area (Å²) in [6, 6.07) is 8.03. The van der Waals surface area contributed by atoms with Gasteiger partial charge in [-0.3, -0.25) is 0 Å². The summed E-state index contributed by atoms with van der Waals surface area (Å²) in [5, 5.41) is 0. The number of oxazole rings is 1. The molecule has 0 unspecified atom stereocenters. The molecule has 3 heteroatoms. The zero-order valence-electron chi connectivity index (χ0n) is 10.3. The molecule has 0 aliphatic rings. The molecule has 1 heterocycles. The Balaban J connectivity index is 2.42. The highest BCUT2D eigenvalue weighted by molar-refractivity contribution is 9.10. The Labute approximate surface area is 110 Å². The van der Waals surface area contributed by atoms with E-state index in [2.05, 4.69) is 41.7 Å². The van der Waals surface area contributed by atoms with Crippen LogP contribution in [0.15, 0.2) is 33.2 Å². The Hall–Kier alpha value is -1.09. The first-order valence-electron chi connectivity index (χ1n) is 5.87. The molecule has 2 rings (SSSR count). The van der Waals surface area contributed by atoms with E-state index in [1.165, 1.54) is 0 Å². The highest BCUT2D eigenvalue weighted by Crippen LogP contribution is 2.27. The van der Waals surface area contributed by atoms with Gasteiger partial charge in [0.15, 0.2) is 0 Å². The SMILES string of the molecule is CCc1oc(-c2ccc(Br)cc2)nc1C(C)C. The van der Waals surface area contributed by atoms with Gasteiger partial charge in [-0.1, -0.05) is 36.7 Å². The first-order valence-corrected chi connectivity index (χ1v) is 6.66. The lowest BCUT2D eigenvalue weighted by Gasteiger charge is -1.99. The minimum Gasteiger partial charge on any atom is -0.441 e. The number of aryl methyl sites for hydroxylation is 1. The van der Waals surface area contributed by atoms with Crippen LogP contribution in [-0.4, -0.2) is 4.98 Å². The highest BCUT2D eigenvalue weighted by Gasteiger charge is 2.15. The smallest absolute Gasteiger partial charge is 0.226 e. The van der Waals surface area contributed by atoms with Crippen molar-refractivity contribution in [1.82, 2.24) is 4.98 Å². The van der Waals surface area contributed by atoms with E-state index in [1.54, 1.807) is 0 Å². The molecule has 0 aliphatic heterocycles. The molecule has 0 bridgehead atoms. The summed E-state index contributed by atoms with van der Waals surface area (Å²) >= 11 is 3.42. The molecule has 0 atom stereocenters. The van der Waals surface area contributed by atoms with Gasteiger partial charge in [-0.25, -0.2) is 4.98 Å². The summed E-state index contributed by atoms with van der Waals surface area (Å²) in [4.78, 5) is 4.60. The van der Waals surface area contributed by atoms with Crippen molar-refractivity contribution in [2.75, 3.05) is 0 Å². The van der Waals surface area contributed by atoms with Crippen LogP contribution in [0.4, 0.5) is 0 Å². The third-order valence-electron chi connectivity index (χ3n) is 2.69. The van der Waals surface area contributed by atoms with Crippen molar-refractivity contribution < 1.29 is 4.42 Å². The van der Waals surface area contributed by atoms with Crippen molar-refractivity contribution in [3.05, 3.63) is 40.2 Å². The normalized spacial score (nSPS) is 11.1. The largest absolute Gasteiger partial charge is 0.441 e. The van der Waals surface area contributed by atoms with E-state index in [9.17, 15) is 0 Å². The van der Waals surface area contributed by atoms with Crippen LogP contribution >= 0.6 is 15.9 Å². The number of benzene rings is 1. The van der Waals surface area contributed by atoms with Crippen LogP contribution < -0.4 is 0 Å². The van der Waals surface area contributed by atoms with E-state index in [4.69, 9.17) is 4.42 Å². The van der Waals surface area contributed by atoms with Gasteiger partial charge < -0.3 is 4.42 Å². The first-order chi connectivity index (χ1) is 8.11. The van der Waals surface area contributed by atoms with Crippen LogP contribution in [0.1, 0.15) is 38.1 Å². The van der Waals surface area contributed by atoms with Gasteiger partial charge in [-0.05, 0) is 30.2 Å². The second-order valence-electron chi connectivity index (χ2n) is 4.34. The zero-order chi connectivity index (χ0) is 12.4. The molecule has 2 nitrogen and oxygen atoms in total. The molecule has 0 saturated carbocycles. The molecule has 0 amide bonds. The average molecular weight is 294 g/mol. The summed E-state index contributed by atoms with van der Waals surface area (Å²) in [6.45, 7) is 6.38. The van der Waals surface area contributed by atoms with Gasteiger partial charge in [0, 0.05) is 16.5 Å². The van der Waals surface area contributed by atoms with Crippen molar-refractivity contribution >= 4 is 15.9 Å². The zero-order valence-corrected chi connectivity index (χ0v) is 11.9. The van der Waals surface area contributed by atoms with Crippen molar-refractivity contribution in [2.24, 2.45) is 0 Å². The predicted molar refractivity (Wildman–Crippen MR) is 73.1 cm³/mol. The fraction of sp³-hybridized carbons (Fsp3) is 0.357. The summed E-state index contributed by atoms with van der Waals surface area (Å²) in [5.41, 5.74) is 2.10. The second-order valence-corrected chi connectivity index (χ2v) is 5.26. The Morgan fingerprint density at radius 3 is 2.35 bits per heavy atom. The van der Waals surface area contributed by atoms with Gasteiger partial charge in [-0.2, -0.15) is 0 Å². The van der Waals surface area contributed by atoms with Crippen molar-refractivity contribution in [1.29, 1.82) is 0 Å². The molecule has 1 aromatic heterocycles. The van der Waals surface area contributed by atoms with Gasteiger partial charge in [-0.15, -0.1) is 0 Å². The Bertz CT molecular complexity index is 499. The van der Waals surface area contributed by atoms with E-state index in [-0.39, 0.29) is 0 Å². The summed E-state index contributed by atoms with van der Waals surface area (Å²) in [6.07, 6.45) is 0.886. The molecule has 0 saturated heterocycles. The van der Waals surface area contributed by atoms with Crippen molar-refractivity contribution in [3.63, 3.8) is 0 Å². The van der Waals surface area contributed by atoms with Gasteiger partial charge in [0.1, 0.15) is 5.76 Å². The van der Waals surface area contributed by atoms with Crippen LogP contribution in [0.3, 0.4) is 0 Å². The number of hydrogen-bond donors (Lipinski definition) is 0. The molecule has 0 aliphatic carbocycles. The van der Waals surface area contributed by atoms with Crippen LogP contribution in [0.5, 0.6) is 0 Å².